The Hall–Kier alpha value is -5.40. The molecule has 2 heterocycles. The molecule has 1 aliphatic heterocycles. The van der Waals surface area contributed by atoms with Gasteiger partial charge in [-0.3, -0.25) is 0 Å². The van der Waals surface area contributed by atoms with Gasteiger partial charge < -0.3 is 4.57 Å². The zero-order chi connectivity index (χ0) is 29.9. The highest BCUT2D eigenvalue weighted by Gasteiger charge is 2.53. The number of hydrogen-bond acceptors (Lipinski definition) is 0. The summed E-state index contributed by atoms with van der Waals surface area (Å²) in [4.78, 5) is 0. The highest BCUT2D eigenvalue weighted by Crippen LogP contribution is 2.61. The molecule has 8 aromatic rings. The van der Waals surface area contributed by atoms with Crippen LogP contribution in [0.25, 0.3) is 49.4 Å². The molecule has 0 N–H and O–H groups in total. The van der Waals surface area contributed by atoms with Gasteiger partial charge in [0.1, 0.15) is 0 Å². The Morgan fingerprint density at radius 2 is 1.11 bits per heavy atom. The summed E-state index contributed by atoms with van der Waals surface area (Å²) >= 11 is 0. The SMILES string of the molecule is CC1(C)c2ccccc2C2(c3ccccc3-n3c4ccccc4c4cccc2c43)c2cccc(-c3ccc4ccccc4c3)c21. The first kappa shape index (κ1) is 25.0. The zero-order valence-electron chi connectivity index (χ0n) is 25.4. The summed E-state index contributed by atoms with van der Waals surface area (Å²) in [6.07, 6.45) is 0. The standard InChI is InChI=1S/C44H31N/c1-43(2)34-18-6-7-19-35(34)44(37-21-11-16-31(41(37)43)30-26-25-28-13-3-4-14-29(28)27-30)36-20-8-10-24-40(36)45-39-23-9-5-15-32(39)33-17-12-22-38(44)42(33)45/h3-27H,1-2H3. The monoisotopic (exact) mass is 573 g/mol. The first-order valence-electron chi connectivity index (χ1n) is 16.0. The van der Waals surface area contributed by atoms with Crippen LogP contribution in [0.3, 0.4) is 0 Å². The highest BCUT2D eigenvalue weighted by molar-refractivity contribution is 6.12. The lowest BCUT2D eigenvalue weighted by Crippen LogP contribution is -2.44. The van der Waals surface area contributed by atoms with Crippen molar-refractivity contribution in [3.8, 4) is 16.8 Å². The Morgan fingerprint density at radius 1 is 0.467 bits per heavy atom. The van der Waals surface area contributed by atoms with Gasteiger partial charge in [0, 0.05) is 16.2 Å². The van der Waals surface area contributed by atoms with Crippen molar-refractivity contribution in [3.63, 3.8) is 0 Å². The lowest BCUT2D eigenvalue weighted by molar-refractivity contribution is 0.558. The Balaban J connectivity index is 1.42. The molecule has 0 radical (unpaired) electrons. The van der Waals surface area contributed by atoms with E-state index < -0.39 is 5.41 Å². The van der Waals surface area contributed by atoms with Crippen LogP contribution in [0.2, 0.25) is 0 Å². The summed E-state index contributed by atoms with van der Waals surface area (Å²) < 4.78 is 2.52. The van der Waals surface area contributed by atoms with Gasteiger partial charge in [-0.1, -0.05) is 147 Å². The average Bonchev–Trinajstić information content (AvgIpc) is 3.43. The molecule has 0 bridgehead atoms. The summed E-state index contributed by atoms with van der Waals surface area (Å²) in [5.41, 5.74) is 14.0. The molecule has 1 unspecified atom stereocenters. The van der Waals surface area contributed by atoms with Gasteiger partial charge in [0.2, 0.25) is 0 Å². The van der Waals surface area contributed by atoms with Crippen molar-refractivity contribution in [1.29, 1.82) is 0 Å². The molecule has 1 nitrogen and oxygen atoms in total. The Kier molecular flexibility index (Phi) is 4.78. The van der Waals surface area contributed by atoms with Crippen LogP contribution in [-0.2, 0) is 10.8 Å². The summed E-state index contributed by atoms with van der Waals surface area (Å²) in [6.45, 7) is 4.85. The van der Waals surface area contributed by atoms with Crippen molar-refractivity contribution < 1.29 is 0 Å². The largest absolute Gasteiger partial charge is 0.309 e. The van der Waals surface area contributed by atoms with E-state index in [1.54, 1.807) is 0 Å². The Bertz CT molecular complexity index is 2530. The van der Waals surface area contributed by atoms with E-state index in [1.807, 2.05) is 0 Å². The van der Waals surface area contributed by atoms with Crippen molar-refractivity contribution in [2.75, 3.05) is 0 Å². The minimum absolute atomic E-state index is 0.216. The number of nitrogens with zero attached hydrogens (tertiary/aromatic N) is 1. The second-order valence-corrected chi connectivity index (χ2v) is 13.3. The molecule has 1 aliphatic carbocycles. The van der Waals surface area contributed by atoms with Crippen LogP contribution < -0.4 is 0 Å². The first-order chi connectivity index (χ1) is 22.1. The van der Waals surface area contributed by atoms with Crippen molar-refractivity contribution in [3.05, 3.63) is 185 Å². The smallest absolute Gasteiger partial charge is 0.0748 e. The number of aromatic nitrogens is 1. The first-order valence-corrected chi connectivity index (χ1v) is 16.0. The highest BCUT2D eigenvalue weighted by atomic mass is 15.0. The van der Waals surface area contributed by atoms with E-state index in [2.05, 4.69) is 170 Å². The van der Waals surface area contributed by atoms with E-state index in [4.69, 9.17) is 0 Å². The van der Waals surface area contributed by atoms with Gasteiger partial charge in [-0.05, 0) is 73.5 Å². The van der Waals surface area contributed by atoms with Gasteiger partial charge in [0.25, 0.3) is 0 Å². The third-order valence-electron chi connectivity index (χ3n) is 10.8. The minimum Gasteiger partial charge on any atom is -0.309 e. The molecule has 45 heavy (non-hydrogen) atoms. The lowest BCUT2D eigenvalue weighted by atomic mass is 9.52. The van der Waals surface area contributed by atoms with Gasteiger partial charge in [-0.15, -0.1) is 0 Å². The molecule has 7 aromatic carbocycles. The molecule has 0 amide bonds. The molecule has 1 spiro atoms. The number of fused-ring (bicyclic) bond motifs is 12. The topological polar surface area (TPSA) is 4.93 Å². The third kappa shape index (κ3) is 2.99. The maximum Gasteiger partial charge on any atom is 0.0748 e. The van der Waals surface area contributed by atoms with Crippen molar-refractivity contribution in [2.45, 2.75) is 24.7 Å². The molecule has 1 heteroatoms. The predicted octanol–water partition coefficient (Wildman–Crippen LogP) is 10.9. The van der Waals surface area contributed by atoms with Gasteiger partial charge in [-0.25, -0.2) is 0 Å². The predicted molar refractivity (Wildman–Crippen MR) is 188 cm³/mol. The maximum absolute atomic E-state index is 2.52. The van der Waals surface area contributed by atoms with Crippen molar-refractivity contribution >= 4 is 32.6 Å². The van der Waals surface area contributed by atoms with Crippen LogP contribution >= 0.6 is 0 Å². The van der Waals surface area contributed by atoms with Crippen molar-refractivity contribution in [2.24, 2.45) is 0 Å². The normalized spacial score (nSPS) is 17.4. The average molecular weight is 574 g/mol. The number of rotatable bonds is 1. The van der Waals surface area contributed by atoms with E-state index in [9.17, 15) is 0 Å². The molecular weight excluding hydrogens is 542 g/mol. The van der Waals surface area contributed by atoms with Crippen LogP contribution in [0.4, 0.5) is 0 Å². The van der Waals surface area contributed by atoms with Crippen LogP contribution in [0.5, 0.6) is 0 Å². The molecule has 10 rings (SSSR count). The number of para-hydroxylation sites is 3. The molecule has 212 valence electrons. The molecule has 0 saturated carbocycles. The van der Waals surface area contributed by atoms with E-state index >= 15 is 0 Å². The van der Waals surface area contributed by atoms with E-state index in [0.29, 0.717) is 0 Å². The summed E-state index contributed by atoms with van der Waals surface area (Å²) in [5.74, 6) is 0. The van der Waals surface area contributed by atoms with Crippen LogP contribution in [0.1, 0.15) is 47.2 Å². The fourth-order valence-electron chi connectivity index (χ4n) is 9.05. The Morgan fingerprint density at radius 3 is 2.00 bits per heavy atom. The van der Waals surface area contributed by atoms with Gasteiger partial charge in [0.15, 0.2) is 0 Å². The Labute approximate surface area is 263 Å². The van der Waals surface area contributed by atoms with E-state index in [-0.39, 0.29) is 5.41 Å². The lowest BCUT2D eigenvalue weighted by Gasteiger charge is -2.50. The second kappa shape index (κ2) is 8.61. The second-order valence-electron chi connectivity index (χ2n) is 13.3. The van der Waals surface area contributed by atoms with Crippen LogP contribution in [0, 0.1) is 0 Å². The third-order valence-corrected chi connectivity index (χ3v) is 10.8. The van der Waals surface area contributed by atoms with Crippen molar-refractivity contribution in [1.82, 2.24) is 4.57 Å². The number of benzene rings is 7. The fraction of sp³-hybridized carbons (Fsp3) is 0.0909. The van der Waals surface area contributed by atoms with Gasteiger partial charge in [0.05, 0.1) is 22.1 Å². The van der Waals surface area contributed by atoms with E-state index in [0.717, 1.165) is 0 Å². The fourth-order valence-corrected chi connectivity index (χ4v) is 9.05. The van der Waals surface area contributed by atoms with E-state index in [1.165, 1.54) is 82.8 Å². The number of hydrogen-bond donors (Lipinski definition) is 0. The quantitative estimate of drug-likeness (QED) is 0.184. The molecule has 1 aromatic heterocycles. The molecule has 2 aliphatic rings. The summed E-state index contributed by atoms with van der Waals surface area (Å²) in [6, 6.07) is 57.0. The van der Waals surface area contributed by atoms with Crippen LogP contribution in [-0.4, -0.2) is 4.57 Å². The maximum atomic E-state index is 2.52. The zero-order valence-corrected chi connectivity index (χ0v) is 25.4. The molecular formula is C44H31N. The van der Waals surface area contributed by atoms with Gasteiger partial charge in [-0.2, -0.15) is 0 Å². The molecule has 0 fully saturated rings. The summed E-state index contributed by atoms with van der Waals surface area (Å²) in [5, 5.41) is 5.16. The summed E-state index contributed by atoms with van der Waals surface area (Å²) in [7, 11) is 0. The van der Waals surface area contributed by atoms with Gasteiger partial charge >= 0.3 is 0 Å². The molecule has 0 saturated heterocycles. The minimum atomic E-state index is -0.477. The van der Waals surface area contributed by atoms with Crippen LogP contribution in [0.15, 0.2) is 152 Å². The molecule has 1 atom stereocenters.